The van der Waals surface area contributed by atoms with Crippen LogP contribution in [0.4, 0.5) is 0 Å². The van der Waals surface area contributed by atoms with Crippen LogP contribution in [0.15, 0.2) is 0 Å². The molecule has 0 spiro atoms. The minimum Gasteiger partial charge on any atom is -0.320 e. The Bertz CT molecular complexity index is 128. The molecule has 2 N–H and O–H groups in total. The summed E-state index contributed by atoms with van der Waals surface area (Å²) in [7, 11) is 2.02. The Hall–Kier alpha value is -0.0800. The van der Waals surface area contributed by atoms with E-state index in [-0.39, 0.29) is 0 Å². The molecule has 0 aromatic carbocycles. The molecule has 0 aromatic heterocycles. The third-order valence-electron chi connectivity index (χ3n) is 3.48. The standard InChI is InChI=1S/C13H28N2/c1-14-10-6-11-15-12-9-13-7-4-2-3-5-8-13/h13-15H,2-12H2,1H3. The van der Waals surface area contributed by atoms with Gasteiger partial charge in [-0.25, -0.2) is 0 Å². The minimum atomic E-state index is 1.02. The molecule has 2 heteroatoms. The molecule has 2 nitrogen and oxygen atoms in total. The van der Waals surface area contributed by atoms with Crippen LogP contribution in [-0.2, 0) is 0 Å². The van der Waals surface area contributed by atoms with Crippen molar-refractivity contribution in [3.05, 3.63) is 0 Å². The van der Waals surface area contributed by atoms with Crippen LogP contribution in [-0.4, -0.2) is 26.7 Å². The van der Waals surface area contributed by atoms with E-state index in [1.165, 1.54) is 64.5 Å². The van der Waals surface area contributed by atoms with Crippen LogP contribution in [0.5, 0.6) is 0 Å². The van der Waals surface area contributed by atoms with Crippen molar-refractivity contribution < 1.29 is 0 Å². The fourth-order valence-electron chi connectivity index (χ4n) is 2.47. The molecule has 0 bridgehead atoms. The number of nitrogens with one attached hydrogen (secondary N) is 2. The lowest BCUT2D eigenvalue weighted by Crippen LogP contribution is -2.22. The van der Waals surface area contributed by atoms with Crippen molar-refractivity contribution in [1.29, 1.82) is 0 Å². The Labute approximate surface area is 95.2 Å². The molecule has 0 aliphatic heterocycles. The average Bonchev–Trinajstić information content (AvgIpc) is 2.52. The Balaban J connectivity index is 1.89. The molecule has 1 saturated carbocycles. The predicted octanol–water partition coefficient (Wildman–Crippen LogP) is 2.55. The molecule has 90 valence electrons. The van der Waals surface area contributed by atoms with Crippen molar-refractivity contribution in [3.63, 3.8) is 0 Å². The molecule has 0 heterocycles. The summed E-state index contributed by atoms with van der Waals surface area (Å²) in [5, 5.41) is 6.72. The second-order valence-corrected chi connectivity index (χ2v) is 4.85. The smallest absolute Gasteiger partial charge is 0.00368 e. The summed E-state index contributed by atoms with van der Waals surface area (Å²) >= 11 is 0. The van der Waals surface area contributed by atoms with Gasteiger partial charge in [0.2, 0.25) is 0 Å². The first kappa shape index (κ1) is 13.0. The lowest BCUT2D eigenvalue weighted by Gasteiger charge is -2.13. The van der Waals surface area contributed by atoms with Crippen molar-refractivity contribution in [3.8, 4) is 0 Å². The van der Waals surface area contributed by atoms with E-state index in [2.05, 4.69) is 10.6 Å². The zero-order valence-corrected chi connectivity index (χ0v) is 10.4. The first-order valence-corrected chi connectivity index (χ1v) is 6.79. The Morgan fingerprint density at radius 3 is 2.33 bits per heavy atom. The van der Waals surface area contributed by atoms with Gasteiger partial charge in [0, 0.05) is 0 Å². The summed E-state index contributed by atoms with van der Waals surface area (Å²) in [6.07, 6.45) is 11.5. The summed E-state index contributed by atoms with van der Waals surface area (Å²) in [6.45, 7) is 3.54. The predicted molar refractivity (Wildman–Crippen MR) is 67.2 cm³/mol. The molecule has 0 radical (unpaired) electrons. The van der Waals surface area contributed by atoms with E-state index >= 15 is 0 Å². The van der Waals surface area contributed by atoms with E-state index in [1.807, 2.05) is 7.05 Å². The zero-order chi connectivity index (χ0) is 10.8. The van der Waals surface area contributed by atoms with Crippen LogP contribution in [0, 0.1) is 5.92 Å². The number of hydrogen-bond acceptors (Lipinski definition) is 2. The largest absolute Gasteiger partial charge is 0.320 e. The van der Waals surface area contributed by atoms with Crippen molar-refractivity contribution in [2.24, 2.45) is 5.92 Å². The maximum atomic E-state index is 3.55. The highest BCUT2D eigenvalue weighted by atomic mass is 14.9. The lowest BCUT2D eigenvalue weighted by molar-refractivity contribution is 0.414. The summed E-state index contributed by atoms with van der Waals surface area (Å²) in [6, 6.07) is 0. The van der Waals surface area contributed by atoms with Gasteiger partial charge in [-0.05, 0) is 45.4 Å². The Morgan fingerprint density at radius 2 is 1.67 bits per heavy atom. The van der Waals surface area contributed by atoms with Crippen molar-refractivity contribution in [2.75, 3.05) is 26.7 Å². The molecule has 1 aliphatic carbocycles. The van der Waals surface area contributed by atoms with Crippen molar-refractivity contribution >= 4 is 0 Å². The third kappa shape index (κ3) is 6.91. The zero-order valence-electron chi connectivity index (χ0n) is 10.4. The van der Waals surface area contributed by atoms with Crippen LogP contribution in [0.1, 0.15) is 51.4 Å². The van der Waals surface area contributed by atoms with Crippen molar-refractivity contribution in [2.45, 2.75) is 51.4 Å². The molecule has 0 aromatic rings. The molecular formula is C13H28N2. The van der Waals surface area contributed by atoms with Gasteiger partial charge in [0.15, 0.2) is 0 Å². The quantitative estimate of drug-likeness (QED) is 0.500. The van der Waals surface area contributed by atoms with Crippen LogP contribution < -0.4 is 10.6 Å². The minimum absolute atomic E-state index is 1.02. The van der Waals surface area contributed by atoms with Gasteiger partial charge in [-0.1, -0.05) is 38.5 Å². The van der Waals surface area contributed by atoms with Gasteiger partial charge in [-0.3, -0.25) is 0 Å². The van der Waals surface area contributed by atoms with Gasteiger partial charge in [0.1, 0.15) is 0 Å². The molecule has 0 saturated heterocycles. The van der Waals surface area contributed by atoms with Crippen LogP contribution >= 0.6 is 0 Å². The van der Waals surface area contributed by atoms with Crippen LogP contribution in [0.25, 0.3) is 0 Å². The maximum absolute atomic E-state index is 3.55. The number of rotatable bonds is 7. The van der Waals surface area contributed by atoms with Crippen molar-refractivity contribution in [1.82, 2.24) is 10.6 Å². The average molecular weight is 212 g/mol. The van der Waals surface area contributed by atoms with Gasteiger partial charge in [-0.2, -0.15) is 0 Å². The molecule has 0 unspecified atom stereocenters. The van der Waals surface area contributed by atoms with E-state index in [1.54, 1.807) is 0 Å². The topological polar surface area (TPSA) is 24.1 Å². The second kappa shape index (κ2) is 9.17. The van der Waals surface area contributed by atoms with Gasteiger partial charge in [0.05, 0.1) is 0 Å². The summed E-state index contributed by atoms with van der Waals surface area (Å²) in [5.41, 5.74) is 0. The summed E-state index contributed by atoms with van der Waals surface area (Å²) in [4.78, 5) is 0. The van der Waals surface area contributed by atoms with E-state index in [9.17, 15) is 0 Å². The highest BCUT2D eigenvalue weighted by Crippen LogP contribution is 2.24. The van der Waals surface area contributed by atoms with Gasteiger partial charge in [-0.15, -0.1) is 0 Å². The molecule has 15 heavy (non-hydrogen) atoms. The van der Waals surface area contributed by atoms with E-state index in [4.69, 9.17) is 0 Å². The molecule has 0 amide bonds. The molecule has 1 fully saturated rings. The molecule has 0 atom stereocenters. The SMILES string of the molecule is CNCCCNCCC1CCCCCC1. The van der Waals surface area contributed by atoms with E-state index in [0.717, 1.165) is 12.5 Å². The summed E-state index contributed by atoms with van der Waals surface area (Å²) in [5.74, 6) is 1.02. The molecule has 1 aliphatic rings. The Kier molecular flexibility index (Phi) is 7.94. The van der Waals surface area contributed by atoms with E-state index in [0.29, 0.717) is 0 Å². The molecule has 1 rings (SSSR count). The van der Waals surface area contributed by atoms with Gasteiger partial charge in [0.25, 0.3) is 0 Å². The van der Waals surface area contributed by atoms with Crippen LogP contribution in [0.3, 0.4) is 0 Å². The highest BCUT2D eigenvalue weighted by molar-refractivity contribution is 4.65. The first-order chi connectivity index (χ1) is 7.43. The summed E-state index contributed by atoms with van der Waals surface area (Å²) < 4.78 is 0. The number of hydrogen-bond donors (Lipinski definition) is 2. The lowest BCUT2D eigenvalue weighted by atomic mass is 9.97. The van der Waals surface area contributed by atoms with Crippen LogP contribution in [0.2, 0.25) is 0 Å². The Morgan fingerprint density at radius 1 is 0.933 bits per heavy atom. The monoisotopic (exact) mass is 212 g/mol. The highest BCUT2D eigenvalue weighted by Gasteiger charge is 2.11. The third-order valence-corrected chi connectivity index (χ3v) is 3.48. The fraction of sp³-hybridized carbons (Fsp3) is 1.00. The van der Waals surface area contributed by atoms with Gasteiger partial charge < -0.3 is 10.6 Å². The normalized spacial score (nSPS) is 19.0. The van der Waals surface area contributed by atoms with E-state index < -0.39 is 0 Å². The first-order valence-electron chi connectivity index (χ1n) is 6.79. The molecular weight excluding hydrogens is 184 g/mol. The fourth-order valence-corrected chi connectivity index (χ4v) is 2.47. The van der Waals surface area contributed by atoms with Gasteiger partial charge >= 0.3 is 0 Å². The second-order valence-electron chi connectivity index (χ2n) is 4.85. The maximum Gasteiger partial charge on any atom is -0.00368 e.